The maximum Gasteiger partial charge on any atom is 0.247 e. The molecule has 48 valence electrons. The Morgan fingerprint density at radius 2 is 2.38 bits per heavy atom. The van der Waals surface area contributed by atoms with Crippen LogP contribution in [-0.4, -0.2) is 17.5 Å². The predicted octanol–water partition coefficient (Wildman–Crippen LogP) is 1.01. The summed E-state index contributed by atoms with van der Waals surface area (Å²) in [5.74, 6) is -0.140. The average Bonchev–Trinajstić information content (AvgIpc) is 1.67. The molecule has 2 nitrogen and oxygen atoms in total. The summed E-state index contributed by atoms with van der Waals surface area (Å²) in [5.41, 5.74) is 0. The van der Waals surface area contributed by atoms with Crippen LogP contribution >= 0.6 is 23.5 Å². The van der Waals surface area contributed by atoms with Gasteiger partial charge in [0.2, 0.25) is 5.91 Å². The van der Waals surface area contributed by atoms with Crippen molar-refractivity contribution in [3.05, 3.63) is 0 Å². The minimum atomic E-state index is -0.428. The summed E-state index contributed by atoms with van der Waals surface area (Å²) in [6, 6.07) is 0. The zero-order valence-corrected chi connectivity index (χ0v) is 6.34. The van der Waals surface area contributed by atoms with Crippen molar-refractivity contribution in [3.63, 3.8) is 0 Å². The van der Waals surface area contributed by atoms with Crippen LogP contribution in [0.2, 0.25) is 0 Å². The highest BCUT2D eigenvalue weighted by Crippen LogP contribution is 1.94. The van der Waals surface area contributed by atoms with Crippen LogP contribution in [0.1, 0.15) is 6.92 Å². The maximum atomic E-state index is 10.5. The lowest BCUT2D eigenvalue weighted by molar-refractivity contribution is -0.118. The summed E-state index contributed by atoms with van der Waals surface area (Å²) in [6.45, 7) is 1.63. The van der Waals surface area contributed by atoms with Gasteiger partial charge in [0, 0.05) is 6.26 Å². The van der Waals surface area contributed by atoms with Crippen LogP contribution in [0.4, 0.5) is 0 Å². The lowest BCUT2D eigenvalue weighted by Crippen LogP contribution is -2.23. The van der Waals surface area contributed by atoms with Gasteiger partial charge in [-0.05, 0) is 6.92 Å². The molecule has 0 fully saturated rings. The van der Waals surface area contributed by atoms with Crippen molar-refractivity contribution < 1.29 is 4.79 Å². The van der Waals surface area contributed by atoms with Gasteiger partial charge >= 0.3 is 0 Å². The van der Waals surface area contributed by atoms with E-state index in [2.05, 4.69) is 4.72 Å². The molecule has 0 spiro atoms. The van der Waals surface area contributed by atoms with Crippen LogP contribution in [0, 0.1) is 0 Å². The minimum Gasteiger partial charge on any atom is -0.299 e. The number of rotatable bonds is 2. The van der Waals surface area contributed by atoms with E-state index < -0.39 is 5.38 Å². The number of hydrogen-bond acceptors (Lipinski definition) is 2. The number of carbonyl (C=O) groups is 1. The molecular weight excluding hydrogens is 146 g/mol. The zero-order chi connectivity index (χ0) is 6.57. The summed E-state index contributed by atoms with van der Waals surface area (Å²) >= 11 is 6.64. The number of halogens is 1. The molecule has 0 bridgehead atoms. The Labute approximate surface area is 58.1 Å². The van der Waals surface area contributed by atoms with Crippen LogP contribution in [0.5, 0.6) is 0 Å². The minimum absolute atomic E-state index is 0.140. The molecule has 1 amide bonds. The van der Waals surface area contributed by atoms with E-state index in [9.17, 15) is 4.79 Å². The highest BCUT2D eigenvalue weighted by molar-refractivity contribution is 7.97. The molecule has 0 saturated heterocycles. The number of hydrogen-bond donors (Lipinski definition) is 1. The van der Waals surface area contributed by atoms with Gasteiger partial charge < -0.3 is 0 Å². The second-order valence-corrected chi connectivity index (χ2v) is 2.55. The van der Waals surface area contributed by atoms with Crippen LogP contribution < -0.4 is 4.72 Å². The molecule has 0 saturated carbocycles. The van der Waals surface area contributed by atoms with Crippen molar-refractivity contribution in [2.75, 3.05) is 6.26 Å². The Morgan fingerprint density at radius 1 is 1.88 bits per heavy atom. The third-order valence-corrected chi connectivity index (χ3v) is 1.17. The van der Waals surface area contributed by atoms with E-state index in [-0.39, 0.29) is 5.91 Å². The van der Waals surface area contributed by atoms with Crippen LogP contribution in [0.3, 0.4) is 0 Å². The Hall–Kier alpha value is 0.110. The van der Waals surface area contributed by atoms with E-state index in [1.807, 2.05) is 0 Å². The summed E-state index contributed by atoms with van der Waals surface area (Å²) < 4.78 is 2.49. The van der Waals surface area contributed by atoms with Crippen molar-refractivity contribution in [3.8, 4) is 0 Å². The Kier molecular flexibility index (Phi) is 4.09. The molecule has 0 aromatic carbocycles. The monoisotopic (exact) mass is 153 g/mol. The molecule has 8 heavy (non-hydrogen) atoms. The Balaban J connectivity index is 3.33. The lowest BCUT2D eigenvalue weighted by atomic mass is 10.5. The van der Waals surface area contributed by atoms with Crippen molar-refractivity contribution >= 4 is 29.5 Å². The standard InChI is InChI=1S/C4H8ClNOS/c1-3(5)4(7)6-8-2/h3H,1-2H3,(H,6,7). The number of amides is 1. The number of carbonyl (C=O) groups excluding carboxylic acids is 1. The fourth-order valence-corrected chi connectivity index (χ4v) is 0.679. The van der Waals surface area contributed by atoms with Gasteiger partial charge in [-0.25, -0.2) is 0 Å². The Bertz CT molecular complexity index is 86.1. The van der Waals surface area contributed by atoms with E-state index in [0.29, 0.717) is 0 Å². The third-order valence-electron chi connectivity index (χ3n) is 0.564. The van der Waals surface area contributed by atoms with Gasteiger partial charge in [0.05, 0.1) is 0 Å². The summed E-state index contributed by atoms with van der Waals surface area (Å²) in [6.07, 6.45) is 1.77. The van der Waals surface area contributed by atoms with Crippen LogP contribution in [0.15, 0.2) is 0 Å². The van der Waals surface area contributed by atoms with Gasteiger partial charge in [0.1, 0.15) is 5.38 Å². The normalized spacial score (nSPS) is 12.9. The van der Waals surface area contributed by atoms with Crippen molar-refractivity contribution in [1.82, 2.24) is 4.72 Å². The molecule has 0 heterocycles. The molecule has 4 heteroatoms. The highest BCUT2D eigenvalue weighted by atomic mass is 35.5. The highest BCUT2D eigenvalue weighted by Gasteiger charge is 2.05. The first-order valence-corrected chi connectivity index (χ1v) is 3.81. The smallest absolute Gasteiger partial charge is 0.247 e. The first kappa shape index (κ1) is 8.11. The van der Waals surface area contributed by atoms with E-state index in [4.69, 9.17) is 11.6 Å². The lowest BCUT2D eigenvalue weighted by Gasteiger charge is -1.99. The molecule has 0 aliphatic carbocycles. The van der Waals surface area contributed by atoms with Gasteiger partial charge in [-0.1, -0.05) is 11.9 Å². The van der Waals surface area contributed by atoms with Crippen molar-refractivity contribution in [2.45, 2.75) is 12.3 Å². The molecular formula is C4H8ClNOS. The van der Waals surface area contributed by atoms with Crippen molar-refractivity contribution in [2.24, 2.45) is 0 Å². The van der Waals surface area contributed by atoms with Gasteiger partial charge in [-0.3, -0.25) is 9.52 Å². The van der Waals surface area contributed by atoms with Gasteiger partial charge in [-0.15, -0.1) is 11.6 Å². The number of alkyl halides is 1. The molecule has 0 aliphatic heterocycles. The summed E-state index contributed by atoms with van der Waals surface area (Å²) in [7, 11) is 0. The first-order chi connectivity index (χ1) is 3.68. The van der Waals surface area contributed by atoms with Crippen LogP contribution in [0.25, 0.3) is 0 Å². The zero-order valence-electron chi connectivity index (χ0n) is 4.77. The van der Waals surface area contributed by atoms with E-state index >= 15 is 0 Å². The van der Waals surface area contributed by atoms with Gasteiger partial charge in [0.25, 0.3) is 0 Å². The fourth-order valence-electron chi connectivity index (χ4n) is 0.182. The van der Waals surface area contributed by atoms with Crippen molar-refractivity contribution in [1.29, 1.82) is 0 Å². The van der Waals surface area contributed by atoms with Crippen LogP contribution in [-0.2, 0) is 4.79 Å². The third kappa shape index (κ3) is 3.16. The molecule has 0 rings (SSSR count). The predicted molar refractivity (Wildman–Crippen MR) is 37.0 cm³/mol. The molecule has 1 N–H and O–H groups in total. The van der Waals surface area contributed by atoms with Gasteiger partial charge in [0.15, 0.2) is 0 Å². The van der Waals surface area contributed by atoms with E-state index in [0.717, 1.165) is 0 Å². The average molecular weight is 154 g/mol. The Morgan fingerprint density at radius 3 is 2.50 bits per heavy atom. The van der Waals surface area contributed by atoms with E-state index in [1.165, 1.54) is 11.9 Å². The maximum absolute atomic E-state index is 10.5. The van der Waals surface area contributed by atoms with E-state index in [1.54, 1.807) is 13.2 Å². The molecule has 1 unspecified atom stereocenters. The summed E-state index contributed by atoms with van der Waals surface area (Å²) in [4.78, 5) is 10.5. The topological polar surface area (TPSA) is 29.1 Å². The largest absolute Gasteiger partial charge is 0.299 e. The molecule has 0 aromatic rings. The quantitative estimate of drug-likeness (QED) is 0.474. The first-order valence-electron chi connectivity index (χ1n) is 2.15. The van der Waals surface area contributed by atoms with Gasteiger partial charge in [-0.2, -0.15) is 0 Å². The SMILES string of the molecule is CSNC(=O)C(C)Cl. The molecule has 0 aromatic heterocycles. The molecule has 0 aliphatic rings. The fraction of sp³-hybridized carbons (Fsp3) is 0.750. The molecule has 0 radical (unpaired) electrons. The molecule has 1 atom stereocenters. The second kappa shape index (κ2) is 4.04. The summed E-state index contributed by atoms with van der Waals surface area (Å²) in [5, 5.41) is -0.428. The second-order valence-electron chi connectivity index (χ2n) is 1.29. The number of nitrogens with one attached hydrogen (secondary N) is 1.